The quantitative estimate of drug-likeness (QED) is 0.127. The number of non-ortho nitro benzene ring substituents is 1. The van der Waals surface area contributed by atoms with Crippen molar-refractivity contribution in [3.05, 3.63) is 39.9 Å². The summed E-state index contributed by atoms with van der Waals surface area (Å²) in [5.41, 5.74) is -0.0146. The van der Waals surface area contributed by atoms with E-state index in [2.05, 4.69) is 5.32 Å². The number of nitrogens with zero attached hydrogens (tertiary/aromatic N) is 1. The monoisotopic (exact) mass is 444 g/mol. The van der Waals surface area contributed by atoms with E-state index in [0.717, 1.165) is 12.1 Å². The molecule has 0 bridgehead atoms. The fourth-order valence-electron chi connectivity index (χ4n) is 1.94. The van der Waals surface area contributed by atoms with Crippen LogP contribution in [-0.4, -0.2) is 45.4 Å². The molecule has 0 aliphatic rings. The first kappa shape index (κ1) is 26.6. The van der Waals surface area contributed by atoms with Gasteiger partial charge in [-0.15, -0.1) is 0 Å². The molecule has 0 fully saturated rings. The first-order chi connectivity index (χ1) is 12.6. The number of hydrogen-bond donors (Lipinski definition) is 2. The van der Waals surface area contributed by atoms with Crippen LogP contribution < -0.4 is 40.0 Å². The molecule has 1 aromatic carbocycles. The summed E-state index contributed by atoms with van der Waals surface area (Å²) in [6, 6.07) is 3.63. The molecule has 148 valence electrons. The zero-order chi connectivity index (χ0) is 20.6. The van der Waals surface area contributed by atoms with E-state index in [4.69, 9.17) is 27.9 Å². The Morgan fingerprint density at radius 2 is 1.75 bits per heavy atom. The Morgan fingerprint density at radius 1 is 1.18 bits per heavy atom. The number of aliphatic hydroxyl groups is 1. The number of nitro benzene ring substituents is 1. The second-order valence-electron chi connectivity index (χ2n) is 5.26. The van der Waals surface area contributed by atoms with Crippen molar-refractivity contribution in [2.75, 3.05) is 6.61 Å². The first-order valence-corrected chi connectivity index (χ1v) is 8.35. The number of nitro groups is 1. The minimum atomic E-state index is -1.45. The number of esters is 1. The van der Waals surface area contributed by atoms with Crippen molar-refractivity contribution in [3.8, 4) is 0 Å². The van der Waals surface area contributed by atoms with Crippen molar-refractivity contribution < 1.29 is 63.8 Å². The molecule has 10 nitrogen and oxygen atoms in total. The van der Waals surface area contributed by atoms with Gasteiger partial charge in [0.2, 0.25) is 0 Å². The van der Waals surface area contributed by atoms with Gasteiger partial charge in [0.15, 0.2) is 4.84 Å². The summed E-state index contributed by atoms with van der Waals surface area (Å²) < 4.78 is 4.84. The number of alkyl halides is 2. The van der Waals surface area contributed by atoms with Crippen LogP contribution >= 0.6 is 23.2 Å². The number of halogens is 2. The zero-order valence-electron chi connectivity index (χ0n) is 14.7. The molecule has 1 rings (SSSR count). The molecular formula is C15H15Cl2N2NaO8. The van der Waals surface area contributed by atoms with Gasteiger partial charge < -0.3 is 25.1 Å². The van der Waals surface area contributed by atoms with Gasteiger partial charge in [0, 0.05) is 18.1 Å². The van der Waals surface area contributed by atoms with E-state index in [1.807, 2.05) is 0 Å². The maximum atomic E-state index is 11.7. The molecule has 0 spiro atoms. The molecule has 2 unspecified atom stereocenters. The number of carbonyl (C=O) groups excluding carboxylic acids is 3. The normalized spacial score (nSPS) is 12.4. The van der Waals surface area contributed by atoms with Gasteiger partial charge in [-0.2, -0.15) is 0 Å². The molecule has 0 aromatic heterocycles. The Kier molecular flexibility index (Phi) is 12.3. The molecule has 1 amide bonds. The van der Waals surface area contributed by atoms with Crippen LogP contribution in [0.1, 0.15) is 24.5 Å². The van der Waals surface area contributed by atoms with Crippen LogP contribution in [-0.2, 0) is 19.1 Å². The van der Waals surface area contributed by atoms with Crippen molar-refractivity contribution in [2.24, 2.45) is 0 Å². The predicted octanol–water partition coefficient (Wildman–Crippen LogP) is -3.01. The van der Waals surface area contributed by atoms with Gasteiger partial charge in [-0.05, 0) is 24.1 Å². The van der Waals surface area contributed by atoms with Crippen molar-refractivity contribution in [1.82, 2.24) is 5.32 Å². The van der Waals surface area contributed by atoms with E-state index >= 15 is 0 Å². The van der Waals surface area contributed by atoms with Gasteiger partial charge in [0.25, 0.3) is 11.6 Å². The fraction of sp³-hybridized carbons (Fsp3) is 0.400. The Hall–Kier alpha value is -1.43. The van der Waals surface area contributed by atoms with Gasteiger partial charge >= 0.3 is 35.5 Å². The largest absolute Gasteiger partial charge is 1.00 e. The standard InChI is InChI=1S/C15H16Cl2N2O8.Na/c16-14(17)15(24)18-10(7-27-12(22)6-5-11(20)21)13(23)8-1-3-9(4-2-8)19(25)26;/h1-4,10,13-14,23H,5-7H2,(H,18,24)(H,20,21);/q;+1/p-1. The molecule has 0 aliphatic heterocycles. The molecule has 0 aliphatic carbocycles. The zero-order valence-corrected chi connectivity index (χ0v) is 18.2. The third kappa shape index (κ3) is 9.18. The minimum absolute atomic E-state index is 0. The predicted molar refractivity (Wildman–Crippen MR) is 90.7 cm³/mol. The summed E-state index contributed by atoms with van der Waals surface area (Å²) >= 11 is 10.9. The third-order valence-corrected chi connectivity index (χ3v) is 3.71. The number of carboxylic acids is 1. The number of amides is 1. The van der Waals surface area contributed by atoms with Crippen LogP contribution in [0.3, 0.4) is 0 Å². The Labute approximate surface area is 191 Å². The number of hydrogen-bond acceptors (Lipinski definition) is 8. The number of aliphatic hydroxyl groups excluding tert-OH is 1. The van der Waals surface area contributed by atoms with E-state index in [-0.39, 0.29) is 40.8 Å². The summed E-state index contributed by atoms with van der Waals surface area (Å²) in [6.45, 7) is -0.518. The van der Waals surface area contributed by atoms with Gasteiger partial charge in [0.1, 0.15) is 12.7 Å². The topological polar surface area (TPSA) is 159 Å². The third-order valence-electron chi connectivity index (χ3n) is 3.31. The van der Waals surface area contributed by atoms with E-state index in [0.29, 0.717) is 0 Å². The van der Waals surface area contributed by atoms with Crippen LogP contribution in [0.2, 0.25) is 0 Å². The van der Waals surface area contributed by atoms with Crippen LogP contribution in [0.15, 0.2) is 24.3 Å². The summed E-state index contributed by atoms with van der Waals surface area (Å²) in [6.07, 6.45) is -2.42. The Morgan fingerprint density at radius 3 is 2.21 bits per heavy atom. The average Bonchev–Trinajstić information content (AvgIpc) is 2.62. The van der Waals surface area contributed by atoms with Crippen molar-refractivity contribution in [1.29, 1.82) is 0 Å². The summed E-state index contributed by atoms with van der Waals surface area (Å²) in [5.74, 6) is -3.19. The molecule has 0 saturated heterocycles. The van der Waals surface area contributed by atoms with Gasteiger partial charge in [-0.1, -0.05) is 23.2 Å². The summed E-state index contributed by atoms with van der Waals surface area (Å²) in [4.78, 5) is 42.1. The van der Waals surface area contributed by atoms with Gasteiger partial charge in [0.05, 0.1) is 17.4 Å². The number of rotatable bonds is 10. The van der Waals surface area contributed by atoms with E-state index < -0.39 is 59.2 Å². The number of carboxylic acid groups (broad SMARTS) is 1. The molecule has 2 atom stereocenters. The molecule has 0 saturated carbocycles. The van der Waals surface area contributed by atoms with Crippen LogP contribution in [0, 0.1) is 10.1 Å². The summed E-state index contributed by atoms with van der Waals surface area (Å²) in [5, 5.41) is 33.7. The van der Waals surface area contributed by atoms with Gasteiger partial charge in [-0.25, -0.2) is 0 Å². The number of ether oxygens (including phenoxy) is 1. The van der Waals surface area contributed by atoms with Crippen LogP contribution in [0.25, 0.3) is 0 Å². The second-order valence-corrected chi connectivity index (χ2v) is 6.36. The molecule has 28 heavy (non-hydrogen) atoms. The van der Waals surface area contributed by atoms with Crippen molar-refractivity contribution >= 4 is 46.7 Å². The maximum Gasteiger partial charge on any atom is 1.00 e. The molecular weight excluding hydrogens is 430 g/mol. The van der Waals surface area contributed by atoms with E-state index in [9.17, 15) is 34.7 Å². The maximum absolute atomic E-state index is 11.7. The molecule has 0 heterocycles. The molecule has 13 heteroatoms. The van der Waals surface area contributed by atoms with Gasteiger partial charge in [-0.3, -0.25) is 19.7 Å². The Bertz CT molecular complexity index is 702. The number of benzene rings is 1. The summed E-state index contributed by atoms with van der Waals surface area (Å²) in [7, 11) is 0. The van der Waals surface area contributed by atoms with Crippen molar-refractivity contribution in [2.45, 2.75) is 29.8 Å². The average molecular weight is 445 g/mol. The van der Waals surface area contributed by atoms with Crippen molar-refractivity contribution in [3.63, 3.8) is 0 Å². The van der Waals surface area contributed by atoms with E-state index in [1.54, 1.807) is 0 Å². The van der Waals surface area contributed by atoms with Crippen LogP contribution in [0.5, 0.6) is 0 Å². The SMILES string of the molecule is O=C([O-])CCC(=O)OCC(NC(=O)C(Cl)Cl)C(O)c1ccc([N+](=O)[O-])cc1.[Na+]. The number of nitrogens with one attached hydrogen (secondary N) is 1. The smallest absolute Gasteiger partial charge is 0.550 e. The van der Waals surface area contributed by atoms with E-state index in [1.165, 1.54) is 12.1 Å². The minimum Gasteiger partial charge on any atom is -0.550 e. The van der Waals surface area contributed by atoms with Crippen LogP contribution in [0.4, 0.5) is 5.69 Å². The fourth-order valence-corrected chi connectivity index (χ4v) is 2.07. The Balaban J connectivity index is 0.00000729. The molecule has 2 N–H and O–H groups in total. The number of carbonyl (C=O) groups is 3. The molecule has 0 radical (unpaired) electrons. The second kappa shape index (κ2) is 12.9. The first-order valence-electron chi connectivity index (χ1n) is 7.48. The number of aliphatic carboxylic acids is 1. The molecule has 1 aromatic rings.